The fourth-order valence-electron chi connectivity index (χ4n) is 1.21. The number of methoxy groups -OCH3 is 1. The number of para-hydroxylation sites is 2. The van der Waals surface area contributed by atoms with E-state index >= 15 is 0 Å². The Morgan fingerprint density at radius 3 is 2.88 bits per heavy atom. The van der Waals surface area contributed by atoms with Gasteiger partial charge in [0.05, 0.1) is 18.4 Å². The first-order valence-corrected chi connectivity index (χ1v) is 6.61. The first-order valence-electron chi connectivity index (χ1n) is 5.46. The standard InChI is InChI=1S/C12H19NO3S/c1-15-6-7-17-9-10(14)8-16-12-5-3-2-4-11(12)13/h2-5,10,14H,6-9,13H2,1H3. The van der Waals surface area contributed by atoms with Crippen LogP contribution in [-0.2, 0) is 4.74 Å². The highest BCUT2D eigenvalue weighted by molar-refractivity contribution is 7.99. The third-order valence-electron chi connectivity index (χ3n) is 2.09. The van der Waals surface area contributed by atoms with E-state index in [-0.39, 0.29) is 6.61 Å². The lowest BCUT2D eigenvalue weighted by Gasteiger charge is -2.13. The normalized spacial score (nSPS) is 12.4. The molecule has 1 aromatic carbocycles. The molecule has 0 aliphatic rings. The summed E-state index contributed by atoms with van der Waals surface area (Å²) >= 11 is 1.64. The van der Waals surface area contributed by atoms with Crippen molar-refractivity contribution in [3.63, 3.8) is 0 Å². The van der Waals surface area contributed by atoms with Gasteiger partial charge in [-0.2, -0.15) is 11.8 Å². The second-order valence-corrected chi connectivity index (χ2v) is 4.72. The second kappa shape index (κ2) is 8.22. The summed E-state index contributed by atoms with van der Waals surface area (Å²) in [5, 5.41) is 9.67. The van der Waals surface area contributed by atoms with Crippen LogP contribution in [0.1, 0.15) is 0 Å². The van der Waals surface area contributed by atoms with Crippen molar-refractivity contribution in [3.05, 3.63) is 24.3 Å². The van der Waals surface area contributed by atoms with Gasteiger partial charge in [0.1, 0.15) is 12.4 Å². The summed E-state index contributed by atoms with van der Waals surface area (Å²) in [6.45, 7) is 0.956. The van der Waals surface area contributed by atoms with Gasteiger partial charge in [0.25, 0.3) is 0 Å². The van der Waals surface area contributed by atoms with Crippen molar-refractivity contribution < 1.29 is 14.6 Å². The van der Waals surface area contributed by atoms with Crippen LogP contribution in [0.2, 0.25) is 0 Å². The van der Waals surface area contributed by atoms with Crippen LogP contribution in [0.25, 0.3) is 0 Å². The lowest BCUT2D eigenvalue weighted by Crippen LogP contribution is -2.20. The van der Waals surface area contributed by atoms with Crippen molar-refractivity contribution in [2.24, 2.45) is 0 Å². The molecule has 3 N–H and O–H groups in total. The van der Waals surface area contributed by atoms with E-state index in [4.69, 9.17) is 15.2 Å². The molecule has 1 atom stereocenters. The van der Waals surface area contributed by atoms with Crippen LogP contribution in [0.15, 0.2) is 24.3 Å². The Labute approximate surface area is 106 Å². The third kappa shape index (κ3) is 5.81. The number of nitrogen functional groups attached to an aromatic ring is 1. The number of ether oxygens (including phenoxy) is 2. The molecule has 0 aliphatic heterocycles. The number of hydrogen-bond acceptors (Lipinski definition) is 5. The molecule has 0 radical (unpaired) electrons. The van der Waals surface area contributed by atoms with Crippen molar-refractivity contribution in [2.45, 2.75) is 6.10 Å². The summed E-state index contributed by atoms with van der Waals surface area (Å²) < 4.78 is 10.4. The predicted molar refractivity (Wildman–Crippen MR) is 71.6 cm³/mol. The number of benzene rings is 1. The van der Waals surface area contributed by atoms with Crippen LogP contribution >= 0.6 is 11.8 Å². The van der Waals surface area contributed by atoms with Gasteiger partial charge >= 0.3 is 0 Å². The van der Waals surface area contributed by atoms with Gasteiger partial charge in [0.15, 0.2) is 0 Å². The number of thioether (sulfide) groups is 1. The molecule has 1 rings (SSSR count). The van der Waals surface area contributed by atoms with Crippen LogP contribution in [-0.4, -0.2) is 43.0 Å². The lowest BCUT2D eigenvalue weighted by atomic mass is 10.3. The Kier molecular flexibility index (Phi) is 6.84. The molecule has 0 bridgehead atoms. The molecular formula is C12H19NO3S. The zero-order valence-corrected chi connectivity index (χ0v) is 10.8. The monoisotopic (exact) mass is 257 g/mol. The maximum atomic E-state index is 9.67. The van der Waals surface area contributed by atoms with E-state index < -0.39 is 6.10 Å². The van der Waals surface area contributed by atoms with E-state index in [1.807, 2.05) is 12.1 Å². The van der Waals surface area contributed by atoms with Crippen LogP contribution in [0.4, 0.5) is 5.69 Å². The smallest absolute Gasteiger partial charge is 0.142 e. The molecule has 1 aromatic rings. The molecule has 5 heteroatoms. The van der Waals surface area contributed by atoms with Crippen LogP contribution in [0.5, 0.6) is 5.75 Å². The van der Waals surface area contributed by atoms with Gasteiger partial charge in [0, 0.05) is 18.6 Å². The molecule has 17 heavy (non-hydrogen) atoms. The van der Waals surface area contributed by atoms with Crippen molar-refractivity contribution in [1.82, 2.24) is 0 Å². The van der Waals surface area contributed by atoms with Gasteiger partial charge in [-0.05, 0) is 12.1 Å². The quantitative estimate of drug-likeness (QED) is 0.544. The molecular weight excluding hydrogens is 238 g/mol. The van der Waals surface area contributed by atoms with Gasteiger partial charge in [-0.3, -0.25) is 0 Å². The summed E-state index contributed by atoms with van der Waals surface area (Å²) in [5.41, 5.74) is 6.31. The van der Waals surface area contributed by atoms with Gasteiger partial charge < -0.3 is 20.3 Å². The van der Waals surface area contributed by atoms with Crippen LogP contribution in [0, 0.1) is 0 Å². The van der Waals surface area contributed by atoms with Crippen LogP contribution in [0.3, 0.4) is 0 Å². The number of aliphatic hydroxyl groups is 1. The summed E-state index contributed by atoms with van der Waals surface area (Å²) in [6.07, 6.45) is -0.489. The third-order valence-corrected chi connectivity index (χ3v) is 3.17. The molecule has 0 amide bonds. The van der Waals surface area contributed by atoms with Gasteiger partial charge in [-0.25, -0.2) is 0 Å². The average molecular weight is 257 g/mol. The molecule has 0 fully saturated rings. The number of nitrogens with two attached hydrogens (primary N) is 1. The molecule has 4 nitrogen and oxygen atoms in total. The summed E-state index contributed by atoms with van der Waals surface area (Å²) in [4.78, 5) is 0. The Bertz CT molecular complexity index is 322. The van der Waals surface area contributed by atoms with Crippen molar-refractivity contribution in [2.75, 3.05) is 37.6 Å². The predicted octanol–water partition coefficient (Wildman–Crippen LogP) is 1.39. The van der Waals surface area contributed by atoms with Crippen LogP contribution < -0.4 is 10.5 Å². The minimum Gasteiger partial charge on any atom is -0.489 e. The molecule has 0 aromatic heterocycles. The van der Waals surface area contributed by atoms with E-state index in [0.29, 0.717) is 23.8 Å². The Morgan fingerprint density at radius 2 is 2.18 bits per heavy atom. The van der Waals surface area contributed by atoms with Gasteiger partial charge in [-0.1, -0.05) is 12.1 Å². The van der Waals surface area contributed by atoms with E-state index in [9.17, 15) is 5.11 Å². The lowest BCUT2D eigenvalue weighted by molar-refractivity contribution is 0.126. The largest absolute Gasteiger partial charge is 0.489 e. The minimum absolute atomic E-state index is 0.258. The Hall–Kier alpha value is -0.910. The first kappa shape index (κ1) is 14.2. The summed E-state index contributed by atoms with van der Waals surface area (Å²) in [6, 6.07) is 7.26. The first-order chi connectivity index (χ1) is 8.24. The highest BCUT2D eigenvalue weighted by Crippen LogP contribution is 2.20. The molecule has 0 saturated carbocycles. The maximum Gasteiger partial charge on any atom is 0.142 e. The van der Waals surface area contributed by atoms with E-state index in [1.165, 1.54) is 0 Å². The topological polar surface area (TPSA) is 64.7 Å². The van der Waals surface area contributed by atoms with Gasteiger partial charge in [0.2, 0.25) is 0 Å². The van der Waals surface area contributed by atoms with Crippen molar-refractivity contribution >= 4 is 17.4 Å². The number of rotatable bonds is 8. The summed E-state index contributed by atoms with van der Waals surface area (Å²) in [7, 11) is 1.66. The molecule has 0 heterocycles. The molecule has 1 unspecified atom stereocenters. The van der Waals surface area contributed by atoms with E-state index in [0.717, 1.165) is 5.75 Å². The Morgan fingerprint density at radius 1 is 1.41 bits per heavy atom. The molecule has 0 spiro atoms. The molecule has 0 aliphatic carbocycles. The number of anilines is 1. The minimum atomic E-state index is -0.489. The molecule has 96 valence electrons. The Balaban J connectivity index is 2.19. The maximum absolute atomic E-state index is 9.67. The van der Waals surface area contributed by atoms with E-state index in [1.54, 1.807) is 31.0 Å². The number of aliphatic hydroxyl groups excluding tert-OH is 1. The zero-order valence-electron chi connectivity index (χ0n) is 9.96. The SMILES string of the molecule is COCCSCC(O)COc1ccccc1N. The second-order valence-electron chi connectivity index (χ2n) is 3.57. The zero-order chi connectivity index (χ0) is 12.5. The summed E-state index contributed by atoms with van der Waals surface area (Å²) in [5.74, 6) is 2.13. The highest BCUT2D eigenvalue weighted by Gasteiger charge is 2.06. The van der Waals surface area contributed by atoms with Crippen molar-refractivity contribution in [1.29, 1.82) is 0 Å². The fourth-order valence-corrected chi connectivity index (χ4v) is 2.03. The van der Waals surface area contributed by atoms with E-state index in [2.05, 4.69) is 0 Å². The molecule has 0 saturated heterocycles. The highest BCUT2D eigenvalue weighted by atomic mass is 32.2. The fraction of sp³-hybridized carbons (Fsp3) is 0.500. The van der Waals surface area contributed by atoms with Gasteiger partial charge in [-0.15, -0.1) is 0 Å². The number of hydrogen-bond donors (Lipinski definition) is 2. The average Bonchev–Trinajstić information content (AvgIpc) is 2.34. The van der Waals surface area contributed by atoms with Crippen molar-refractivity contribution in [3.8, 4) is 5.75 Å².